The van der Waals surface area contributed by atoms with Crippen LogP contribution in [0.5, 0.6) is 0 Å². The normalized spacial score (nSPS) is 10.0. The molecule has 0 radical (unpaired) electrons. The summed E-state index contributed by atoms with van der Waals surface area (Å²) in [5.41, 5.74) is 2.55. The minimum Gasteiger partial charge on any atom is -0.308 e. The van der Waals surface area contributed by atoms with Crippen LogP contribution >= 0.6 is 11.6 Å². The van der Waals surface area contributed by atoms with Crippen LogP contribution in [0.1, 0.15) is 11.1 Å². The number of hydrogen-bond donors (Lipinski definition) is 1. The fourth-order valence-electron chi connectivity index (χ4n) is 1.05. The van der Waals surface area contributed by atoms with Gasteiger partial charge in [0, 0.05) is 18.1 Å². The molecule has 1 rings (SSSR count). The van der Waals surface area contributed by atoms with Gasteiger partial charge in [0.2, 0.25) is 0 Å². The van der Waals surface area contributed by atoms with Gasteiger partial charge in [-0.05, 0) is 12.5 Å². The van der Waals surface area contributed by atoms with E-state index in [4.69, 9.17) is 11.6 Å². The summed E-state index contributed by atoms with van der Waals surface area (Å²) in [5, 5.41) is 3.83. The van der Waals surface area contributed by atoms with Crippen molar-refractivity contribution in [2.75, 3.05) is 6.54 Å². The lowest BCUT2D eigenvalue weighted by Crippen LogP contribution is -2.14. The Bertz CT molecular complexity index is 277. The van der Waals surface area contributed by atoms with E-state index < -0.39 is 0 Å². The van der Waals surface area contributed by atoms with Crippen molar-refractivity contribution in [3.63, 3.8) is 0 Å². The summed E-state index contributed by atoms with van der Waals surface area (Å²) in [6.07, 6.45) is 0. The molecule has 0 unspecified atom stereocenters. The van der Waals surface area contributed by atoms with Gasteiger partial charge in [-0.2, -0.15) is 0 Å². The maximum Gasteiger partial charge on any atom is 0.0310 e. The Hall–Kier alpha value is -0.790. The fraction of sp³-hybridized carbons (Fsp3) is 0.273. The van der Waals surface area contributed by atoms with Crippen molar-refractivity contribution in [2.45, 2.75) is 13.5 Å². The molecular formula is C11H14ClN. The highest BCUT2D eigenvalue weighted by atomic mass is 35.5. The van der Waals surface area contributed by atoms with Crippen LogP contribution in [0.3, 0.4) is 0 Å². The Balaban J connectivity index is 2.37. The average molecular weight is 196 g/mol. The van der Waals surface area contributed by atoms with Gasteiger partial charge in [0.1, 0.15) is 0 Å². The lowest BCUT2D eigenvalue weighted by molar-refractivity contribution is 0.755. The van der Waals surface area contributed by atoms with Crippen LogP contribution < -0.4 is 5.32 Å². The molecule has 0 aliphatic heterocycles. The molecule has 1 aromatic carbocycles. The monoisotopic (exact) mass is 195 g/mol. The van der Waals surface area contributed by atoms with Crippen LogP contribution in [0, 0.1) is 6.92 Å². The molecule has 1 nitrogen and oxygen atoms in total. The van der Waals surface area contributed by atoms with Crippen LogP contribution in [0.4, 0.5) is 0 Å². The summed E-state index contributed by atoms with van der Waals surface area (Å²) < 4.78 is 0. The molecule has 13 heavy (non-hydrogen) atoms. The standard InChI is InChI=1S/C11H14ClN/c1-9-3-5-11(6-4-9)8-13-7-10(2)12/h3-6,13H,2,7-8H2,1H3. The van der Waals surface area contributed by atoms with Crippen LogP contribution in [0.2, 0.25) is 0 Å². The average Bonchev–Trinajstić information content (AvgIpc) is 2.08. The number of halogens is 1. The van der Waals surface area contributed by atoms with Crippen LogP contribution in [-0.2, 0) is 6.54 Å². The fourth-order valence-corrected chi connectivity index (χ4v) is 1.14. The van der Waals surface area contributed by atoms with Crippen LogP contribution in [0.25, 0.3) is 0 Å². The minimum absolute atomic E-state index is 0.645. The molecule has 0 atom stereocenters. The van der Waals surface area contributed by atoms with Gasteiger partial charge >= 0.3 is 0 Å². The second kappa shape index (κ2) is 5.05. The van der Waals surface area contributed by atoms with E-state index in [-0.39, 0.29) is 0 Å². The number of nitrogens with one attached hydrogen (secondary N) is 1. The van der Waals surface area contributed by atoms with Gasteiger partial charge in [-0.1, -0.05) is 48.0 Å². The largest absolute Gasteiger partial charge is 0.308 e. The third-order valence-electron chi connectivity index (χ3n) is 1.77. The first-order valence-electron chi connectivity index (χ1n) is 4.28. The van der Waals surface area contributed by atoms with Crippen molar-refractivity contribution >= 4 is 11.6 Å². The van der Waals surface area contributed by atoms with E-state index in [1.807, 2.05) is 0 Å². The number of hydrogen-bond acceptors (Lipinski definition) is 1. The Morgan fingerprint density at radius 2 is 2.00 bits per heavy atom. The second-order valence-electron chi connectivity index (χ2n) is 3.11. The first kappa shape index (κ1) is 10.3. The zero-order chi connectivity index (χ0) is 9.68. The predicted molar refractivity (Wildman–Crippen MR) is 57.9 cm³/mol. The molecule has 0 saturated carbocycles. The van der Waals surface area contributed by atoms with Crippen molar-refractivity contribution in [1.82, 2.24) is 5.32 Å². The smallest absolute Gasteiger partial charge is 0.0310 e. The molecule has 1 aromatic rings. The highest BCUT2D eigenvalue weighted by molar-refractivity contribution is 6.29. The molecule has 0 heterocycles. The third-order valence-corrected chi connectivity index (χ3v) is 1.90. The maximum atomic E-state index is 5.61. The SMILES string of the molecule is C=C(Cl)CNCc1ccc(C)cc1. The van der Waals surface area contributed by atoms with Crippen LogP contribution in [0.15, 0.2) is 35.9 Å². The molecule has 0 saturated heterocycles. The van der Waals surface area contributed by atoms with E-state index in [1.54, 1.807) is 0 Å². The Morgan fingerprint density at radius 1 is 1.38 bits per heavy atom. The molecule has 0 aliphatic rings. The predicted octanol–water partition coefficient (Wildman–Crippen LogP) is 2.84. The van der Waals surface area contributed by atoms with Gasteiger partial charge < -0.3 is 5.32 Å². The molecule has 2 heteroatoms. The lowest BCUT2D eigenvalue weighted by atomic mass is 10.1. The summed E-state index contributed by atoms with van der Waals surface area (Å²) in [6, 6.07) is 8.43. The van der Waals surface area contributed by atoms with E-state index in [9.17, 15) is 0 Å². The van der Waals surface area contributed by atoms with Gasteiger partial charge in [-0.15, -0.1) is 0 Å². The van der Waals surface area contributed by atoms with Gasteiger partial charge in [0.15, 0.2) is 0 Å². The molecule has 1 N–H and O–H groups in total. The molecule has 0 bridgehead atoms. The maximum absolute atomic E-state index is 5.61. The summed E-state index contributed by atoms with van der Waals surface area (Å²) in [6.45, 7) is 7.19. The molecule has 70 valence electrons. The van der Waals surface area contributed by atoms with E-state index in [2.05, 4.69) is 43.1 Å². The highest BCUT2D eigenvalue weighted by Crippen LogP contribution is 2.02. The summed E-state index contributed by atoms with van der Waals surface area (Å²) >= 11 is 5.61. The number of rotatable bonds is 4. The third kappa shape index (κ3) is 4.11. The zero-order valence-electron chi connectivity index (χ0n) is 7.81. The summed E-state index contributed by atoms with van der Waals surface area (Å²) in [5.74, 6) is 0. The quantitative estimate of drug-likeness (QED) is 0.779. The summed E-state index contributed by atoms with van der Waals surface area (Å²) in [4.78, 5) is 0. The molecule has 0 spiro atoms. The van der Waals surface area contributed by atoms with Crippen molar-refractivity contribution in [1.29, 1.82) is 0 Å². The Kier molecular flexibility index (Phi) is 4.00. The van der Waals surface area contributed by atoms with E-state index in [0.717, 1.165) is 6.54 Å². The molecule has 0 fully saturated rings. The molecular weight excluding hydrogens is 182 g/mol. The van der Waals surface area contributed by atoms with Crippen molar-refractivity contribution in [3.8, 4) is 0 Å². The first-order chi connectivity index (χ1) is 6.18. The van der Waals surface area contributed by atoms with Crippen molar-refractivity contribution in [2.24, 2.45) is 0 Å². The Labute approximate surface area is 84.4 Å². The van der Waals surface area contributed by atoms with Gasteiger partial charge in [-0.25, -0.2) is 0 Å². The first-order valence-corrected chi connectivity index (χ1v) is 4.66. The van der Waals surface area contributed by atoms with E-state index >= 15 is 0 Å². The minimum atomic E-state index is 0.645. The van der Waals surface area contributed by atoms with E-state index in [0.29, 0.717) is 11.6 Å². The summed E-state index contributed by atoms with van der Waals surface area (Å²) in [7, 11) is 0. The lowest BCUT2D eigenvalue weighted by Gasteiger charge is -2.03. The van der Waals surface area contributed by atoms with E-state index in [1.165, 1.54) is 11.1 Å². The topological polar surface area (TPSA) is 12.0 Å². The Morgan fingerprint density at radius 3 is 2.54 bits per heavy atom. The van der Waals surface area contributed by atoms with Gasteiger partial charge in [0.05, 0.1) is 0 Å². The van der Waals surface area contributed by atoms with Gasteiger partial charge in [-0.3, -0.25) is 0 Å². The zero-order valence-corrected chi connectivity index (χ0v) is 8.56. The van der Waals surface area contributed by atoms with Crippen LogP contribution in [-0.4, -0.2) is 6.54 Å². The van der Waals surface area contributed by atoms with Crippen molar-refractivity contribution < 1.29 is 0 Å². The number of benzene rings is 1. The highest BCUT2D eigenvalue weighted by Gasteiger charge is 1.92. The molecule has 0 aliphatic carbocycles. The second-order valence-corrected chi connectivity index (χ2v) is 3.64. The molecule has 0 aromatic heterocycles. The van der Waals surface area contributed by atoms with Gasteiger partial charge in [0.25, 0.3) is 0 Å². The van der Waals surface area contributed by atoms with Crippen molar-refractivity contribution in [3.05, 3.63) is 47.0 Å². The molecule has 0 amide bonds. The number of aryl methyl sites for hydroxylation is 1.